The summed E-state index contributed by atoms with van der Waals surface area (Å²) in [7, 11) is 4.10. The first-order valence-electron chi connectivity index (χ1n) is 9.25. The van der Waals surface area contributed by atoms with Crippen LogP contribution in [0.4, 0.5) is 0 Å². The molecule has 3 aliphatic rings. The third-order valence-electron chi connectivity index (χ3n) is 5.71. The van der Waals surface area contributed by atoms with Crippen LogP contribution in [0.5, 0.6) is 0 Å². The predicted molar refractivity (Wildman–Crippen MR) is 91.2 cm³/mol. The summed E-state index contributed by atoms with van der Waals surface area (Å²) in [4.78, 5) is 17.5. The van der Waals surface area contributed by atoms with Crippen molar-refractivity contribution < 1.29 is 13.9 Å². The minimum Gasteiger partial charge on any atom is -0.468 e. The van der Waals surface area contributed by atoms with Crippen molar-refractivity contribution in [3.05, 3.63) is 23.7 Å². The maximum Gasteiger partial charge on any atom is 0.257 e. The Balaban J connectivity index is 1.59. The third-order valence-corrected chi connectivity index (χ3v) is 5.71. The molecule has 2 aliphatic carbocycles. The number of carbonyl (C=O) groups excluding carboxylic acids is 1. The summed E-state index contributed by atoms with van der Waals surface area (Å²) in [5.74, 6) is 1.48. The average molecular weight is 332 g/mol. The molecule has 4 rings (SSSR count). The SMILES string of the molecule is CN(C)CC1COC2(CCCC2)CN1C(=O)c1ccoc1C1CC1. The number of furan rings is 1. The molecule has 2 saturated carbocycles. The zero-order valence-corrected chi connectivity index (χ0v) is 14.8. The first kappa shape index (κ1) is 16.2. The fourth-order valence-electron chi connectivity index (χ4n) is 4.29. The van der Waals surface area contributed by atoms with Gasteiger partial charge in [0.05, 0.1) is 36.6 Å². The van der Waals surface area contributed by atoms with Gasteiger partial charge in [0.25, 0.3) is 5.91 Å². The Morgan fingerprint density at radius 1 is 1.33 bits per heavy atom. The highest BCUT2D eigenvalue weighted by Gasteiger charge is 2.45. The van der Waals surface area contributed by atoms with E-state index in [0.29, 0.717) is 12.5 Å². The minimum absolute atomic E-state index is 0.109. The van der Waals surface area contributed by atoms with Gasteiger partial charge in [0, 0.05) is 12.5 Å². The Bertz CT molecular complexity index is 600. The lowest BCUT2D eigenvalue weighted by molar-refractivity contribution is -0.121. The number of hydrogen-bond acceptors (Lipinski definition) is 4. The Morgan fingerprint density at radius 3 is 2.75 bits per heavy atom. The van der Waals surface area contributed by atoms with Gasteiger partial charge in [-0.15, -0.1) is 0 Å². The van der Waals surface area contributed by atoms with E-state index in [9.17, 15) is 4.79 Å². The van der Waals surface area contributed by atoms with Gasteiger partial charge in [0.2, 0.25) is 0 Å². The van der Waals surface area contributed by atoms with E-state index in [4.69, 9.17) is 9.15 Å². The van der Waals surface area contributed by atoms with E-state index in [1.54, 1.807) is 6.26 Å². The van der Waals surface area contributed by atoms with E-state index < -0.39 is 0 Å². The van der Waals surface area contributed by atoms with Crippen LogP contribution in [0, 0.1) is 0 Å². The summed E-state index contributed by atoms with van der Waals surface area (Å²) in [6.45, 7) is 2.19. The molecule has 1 aromatic heterocycles. The van der Waals surface area contributed by atoms with Crippen LogP contribution in [0.2, 0.25) is 0 Å². The molecule has 1 spiro atoms. The highest BCUT2D eigenvalue weighted by Crippen LogP contribution is 2.43. The lowest BCUT2D eigenvalue weighted by Gasteiger charge is -2.46. The van der Waals surface area contributed by atoms with Gasteiger partial charge in [-0.05, 0) is 45.8 Å². The van der Waals surface area contributed by atoms with Crippen molar-refractivity contribution in [3.63, 3.8) is 0 Å². The molecule has 1 unspecified atom stereocenters. The lowest BCUT2D eigenvalue weighted by atomic mass is 9.96. The van der Waals surface area contributed by atoms with Crippen molar-refractivity contribution in [1.82, 2.24) is 9.80 Å². The number of likely N-dealkylation sites (N-methyl/N-ethyl adjacent to an activating group) is 1. The molecule has 0 radical (unpaired) electrons. The molecule has 0 N–H and O–H groups in total. The molecule has 1 atom stereocenters. The van der Waals surface area contributed by atoms with Crippen LogP contribution < -0.4 is 0 Å². The van der Waals surface area contributed by atoms with Crippen molar-refractivity contribution in [3.8, 4) is 0 Å². The van der Waals surface area contributed by atoms with E-state index in [2.05, 4.69) is 23.9 Å². The standard InChI is InChI=1S/C19H28N2O3/c1-20(2)11-15-12-24-19(8-3-4-9-19)13-21(15)18(22)16-7-10-23-17(16)14-5-6-14/h7,10,14-15H,3-6,8-9,11-13H2,1-2H3. The van der Waals surface area contributed by atoms with Crippen LogP contribution in [0.1, 0.15) is 60.6 Å². The first-order valence-corrected chi connectivity index (χ1v) is 9.25. The molecule has 5 nitrogen and oxygen atoms in total. The average Bonchev–Trinajstić information content (AvgIpc) is 3.11. The molecule has 24 heavy (non-hydrogen) atoms. The number of amides is 1. The third kappa shape index (κ3) is 3.00. The lowest BCUT2D eigenvalue weighted by Crippen LogP contribution is -2.59. The maximum atomic E-state index is 13.3. The topological polar surface area (TPSA) is 45.9 Å². The number of hydrogen-bond donors (Lipinski definition) is 0. The van der Waals surface area contributed by atoms with Gasteiger partial charge in [-0.3, -0.25) is 4.79 Å². The van der Waals surface area contributed by atoms with Crippen LogP contribution in [0.25, 0.3) is 0 Å². The number of nitrogens with zero attached hydrogens (tertiary/aromatic N) is 2. The second kappa shape index (κ2) is 6.19. The van der Waals surface area contributed by atoms with Gasteiger partial charge < -0.3 is 19.0 Å². The van der Waals surface area contributed by atoms with E-state index in [0.717, 1.165) is 50.1 Å². The van der Waals surface area contributed by atoms with Crippen molar-refractivity contribution in [2.24, 2.45) is 0 Å². The number of morpholine rings is 1. The van der Waals surface area contributed by atoms with Crippen molar-refractivity contribution in [2.45, 2.75) is 56.1 Å². The Kier molecular flexibility index (Phi) is 4.17. The van der Waals surface area contributed by atoms with Gasteiger partial charge in [-0.1, -0.05) is 12.8 Å². The fourth-order valence-corrected chi connectivity index (χ4v) is 4.29. The van der Waals surface area contributed by atoms with Crippen LogP contribution >= 0.6 is 0 Å². The molecule has 0 aromatic carbocycles. The highest BCUT2D eigenvalue weighted by molar-refractivity contribution is 5.95. The Hall–Kier alpha value is -1.33. The summed E-state index contributed by atoms with van der Waals surface area (Å²) in [5, 5.41) is 0. The second-order valence-corrected chi connectivity index (χ2v) is 8.02. The predicted octanol–water partition coefficient (Wildman–Crippen LogP) is 2.87. The van der Waals surface area contributed by atoms with Crippen molar-refractivity contribution in [2.75, 3.05) is 33.8 Å². The zero-order chi connectivity index (χ0) is 16.7. The van der Waals surface area contributed by atoms with E-state index in [1.807, 2.05) is 6.07 Å². The summed E-state index contributed by atoms with van der Waals surface area (Å²) in [6, 6.07) is 1.97. The molecular weight excluding hydrogens is 304 g/mol. The largest absolute Gasteiger partial charge is 0.468 e. The molecule has 132 valence electrons. The molecule has 2 heterocycles. The number of ether oxygens (including phenoxy) is 1. The zero-order valence-electron chi connectivity index (χ0n) is 14.8. The molecule has 1 amide bonds. The molecule has 0 bridgehead atoms. The smallest absolute Gasteiger partial charge is 0.257 e. The summed E-state index contributed by atoms with van der Waals surface area (Å²) < 4.78 is 11.9. The van der Waals surface area contributed by atoms with Crippen LogP contribution in [-0.4, -0.2) is 61.1 Å². The number of rotatable bonds is 4. The second-order valence-electron chi connectivity index (χ2n) is 8.02. The molecule has 1 aromatic rings. The molecular formula is C19H28N2O3. The summed E-state index contributed by atoms with van der Waals surface area (Å²) in [6.07, 6.45) is 8.52. The van der Waals surface area contributed by atoms with Crippen molar-refractivity contribution >= 4 is 5.91 Å². The number of carbonyl (C=O) groups is 1. The molecule has 1 saturated heterocycles. The van der Waals surface area contributed by atoms with Gasteiger partial charge in [-0.2, -0.15) is 0 Å². The van der Waals surface area contributed by atoms with Crippen molar-refractivity contribution in [1.29, 1.82) is 0 Å². The van der Waals surface area contributed by atoms with E-state index in [1.165, 1.54) is 12.8 Å². The fraction of sp³-hybridized carbons (Fsp3) is 0.737. The van der Waals surface area contributed by atoms with Crippen LogP contribution in [0.3, 0.4) is 0 Å². The van der Waals surface area contributed by atoms with E-state index in [-0.39, 0.29) is 17.6 Å². The van der Waals surface area contributed by atoms with Gasteiger partial charge >= 0.3 is 0 Å². The quantitative estimate of drug-likeness (QED) is 0.850. The molecule has 3 fully saturated rings. The van der Waals surface area contributed by atoms with Crippen LogP contribution in [0.15, 0.2) is 16.7 Å². The molecule has 1 aliphatic heterocycles. The minimum atomic E-state index is -0.109. The molecule has 5 heteroatoms. The first-order chi connectivity index (χ1) is 11.6. The summed E-state index contributed by atoms with van der Waals surface area (Å²) in [5.41, 5.74) is 0.665. The van der Waals surface area contributed by atoms with Crippen LogP contribution in [-0.2, 0) is 4.74 Å². The van der Waals surface area contributed by atoms with E-state index >= 15 is 0 Å². The monoisotopic (exact) mass is 332 g/mol. The highest BCUT2D eigenvalue weighted by atomic mass is 16.5. The normalized spacial score (nSPS) is 26.5. The van der Waals surface area contributed by atoms with Gasteiger partial charge in [0.15, 0.2) is 0 Å². The Morgan fingerprint density at radius 2 is 2.08 bits per heavy atom. The maximum absolute atomic E-state index is 13.3. The van der Waals surface area contributed by atoms with Gasteiger partial charge in [-0.25, -0.2) is 0 Å². The summed E-state index contributed by atoms with van der Waals surface area (Å²) >= 11 is 0. The van der Waals surface area contributed by atoms with Gasteiger partial charge in [0.1, 0.15) is 5.76 Å². The Labute approximate surface area is 143 Å².